The molecule has 0 fully saturated rings. The molecule has 0 saturated heterocycles. The molecule has 0 aromatic heterocycles. The van der Waals surface area contributed by atoms with Crippen molar-refractivity contribution < 1.29 is 9.13 Å². The topological polar surface area (TPSA) is 75.8 Å². The molecule has 2 rings (SSSR count). The number of nitrogens with zero attached hydrogens (tertiary/aromatic N) is 3. The fraction of sp³-hybridized carbons (Fsp3) is 0.250. The van der Waals surface area contributed by atoms with Crippen LogP contribution in [0.2, 0.25) is 0 Å². The van der Waals surface area contributed by atoms with E-state index >= 15 is 0 Å². The van der Waals surface area contributed by atoms with Crippen LogP contribution >= 0.6 is 0 Å². The van der Waals surface area contributed by atoms with E-state index in [1.54, 1.807) is 18.4 Å². The van der Waals surface area contributed by atoms with Gasteiger partial charge in [0, 0.05) is 43.1 Å². The standard InChI is InChI=1S/C16H19N3O3S/c1-18(2)14-8-10-16(11-9-14)23(3,22)17-12-13-4-6-15(7-5-13)19(20)21/h4-11H,12H2,1-3H3. The van der Waals surface area contributed by atoms with Crippen molar-refractivity contribution in [3.8, 4) is 0 Å². The maximum atomic E-state index is 12.7. The largest absolute Gasteiger partial charge is 0.378 e. The van der Waals surface area contributed by atoms with Crippen LogP contribution in [0, 0.1) is 10.1 Å². The molecule has 0 saturated carbocycles. The molecule has 0 N–H and O–H groups in total. The average molecular weight is 333 g/mol. The normalized spacial score (nSPS) is 13.2. The molecule has 0 spiro atoms. The van der Waals surface area contributed by atoms with E-state index in [1.807, 2.05) is 43.3 Å². The molecule has 2 aromatic carbocycles. The summed E-state index contributed by atoms with van der Waals surface area (Å²) in [6.07, 6.45) is 1.60. The monoisotopic (exact) mass is 333 g/mol. The summed E-state index contributed by atoms with van der Waals surface area (Å²) in [6, 6.07) is 13.6. The van der Waals surface area contributed by atoms with Crippen molar-refractivity contribution in [2.45, 2.75) is 11.4 Å². The molecule has 0 bridgehead atoms. The fourth-order valence-electron chi connectivity index (χ4n) is 1.99. The second-order valence-electron chi connectivity index (χ2n) is 5.40. The molecule has 0 heterocycles. The molecule has 0 amide bonds. The number of nitro groups is 1. The van der Waals surface area contributed by atoms with E-state index in [4.69, 9.17) is 0 Å². The molecule has 6 nitrogen and oxygen atoms in total. The average Bonchev–Trinajstić information content (AvgIpc) is 2.53. The lowest BCUT2D eigenvalue weighted by atomic mass is 10.2. The summed E-state index contributed by atoms with van der Waals surface area (Å²) in [5.41, 5.74) is 1.85. The minimum Gasteiger partial charge on any atom is -0.378 e. The second-order valence-corrected chi connectivity index (χ2v) is 7.74. The van der Waals surface area contributed by atoms with Crippen LogP contribution in [0.15, 0.2) is 57.8 Å². The van der Waals surface area contributed by atoms with Crippen LogP contribution in [0.3, 0.4) is 0 Å². The third-order valence-corrected chi connectivity index (χ3v) is 5.20. The maximum Gasteiger partial charge on any atom is 0.269 e. The third kappa shape index (κ3) is 4.29. The molecule has 23 heavy (non-hydrogen) atoms. The number of anilines is 1. The summed E-state index contributed by atoms with van der Waals surface area (Å²) in [6.45, 7) is 0.253. The van der Waals surface area contributed by atoms with Gasteiger partial charge >= 0.3 is 0 Å². The fourth-order valence-corrected chi connectivity index (χ4v) is 3.18. The van der Waals surface area contributed by atoms with E-state index < -0.39 is 14.7 Å². The van der Waals surface area contributed by atoms with E-state index in [1.165, 1.54) is 12.1 Å². The van der Waals surface area contributed by atoms with Crippen LogP contribution in [0.4, 0.5) is 11.4 Å². The number of nitro benzene ring substituents is 1. The van der Waals surface area contributed by atoms with Crippen LogP contribution in [0.25, 0.3) is 0 Å². The van der Waals surface area contributed by atoms with Crippen molar-refractivity contribution in [2.24, 2.45) is 4.36 Å². The van der Waals surface area contributed by atoms with Crippen LogP contribution in [0.1, 0.15) is 5.56 Å². The van der Waals surface area contributed by atoms with Crippen LogP contribution in [-0.2, 0) is 16.3 Å². The smallest absolute Gasteiger partial charge is 0.269 e. The molecule has 2 aromatic rings. The molecule has 7 heteroatoms. The molecular formula is C16H19N3O3S. The van der Waals surface area contributed by atoms with Crippen molar-refractivity contribution in [1.29, 1.82) is 0 Å². The number of hydrogen-bond acceptors (Lipinski definition) is 5. The molecule has 122 valence electrons. The van der Waals surface area contributed by atoms with Gasteiger partial charge in [-0.2, -0.15) is 0 Å². The van der Waals surface area contributed by atoms with E-state index in [-0.39, 0.29) is 12.2 Å². The van der Waals surface area contributed by atoms with Crippen molar-refractivity contribution >= 4 is 21.1 Å². The lowest BCUT2D eigenvalue weighted by Gasteiger charge is -2.13. The summed E-state index contributed by atoms with van der Waals surface area (Å²) in [5, 5.41) is 10.6. The van der Waals surface area contributed by atoms with Crippen LogP contribution in [-0.4, -0.2) is 29.5 Å². The number of rotatable bonds is 5. The number of non-ortho nitro benzene ring substituents is 1. The van der Waals surface area contributed by atoms with Gasteiger partial charge in [-0.25, -0.2) is 8.57 Å². The first-order valence-corrected chi connectivity index (χ1v) is 8.90. The highest BCUT2D eigenvalue weighted by Gasteiger charge is 2.08. The van der Waals surface area contributed by atoms with Gasteiger partial charge in [0.1, 0.15) is 0 Å². The minimum absolute atomic E-state index is 0.0326. The highest BCUT2D eigenvalue weighted by atomic mass is 32.2. The van der Waals surface area contributed by atoms with Gasteiger partial charge in [-0.3, -0.25) is 10.1 Å². The molecule has 0 aliphatic rings. The zero-order valence-electron chi connectivity index (χ0n) is 13.3. The summed E-state index contributed by atoms with van der Waals surface area (Å²) in [7, 11) is 1.38. The van der Waals surface area contributed by atoms with Gasteiger partial charge in [0.15, 0.2) is 0 Å². The highest BCUT2D eigenvalue weighted by Crippen LogP contribution is 2.19. The zero-order valence-corrected chi connectivity index (χ0v) is 14.1. The maximum absolute atomic E-state index is 12.7. The Balaban J connectivity index is 2.19. The Morgan fingerprint density at radius 2 is 1.65 bits per heavy atom. The second kappa shape index (κ2) is 6.78. The predicted octanol–water partition coefficient (Wildman–Crippen LogP) is 3.32. The van der Waals surface area contributed by atoms with Gasteiger partial charge in [-0.1, -0.05) is 12.1 Å². The van der Waals surface area contributed by atoms with Gasteiger partial charge in [0.05, 0.1) is 21.2 Å². The quantitative estimate of drug-likeness (QED) is 0.621. The molecule has 0 aliphatic carbocycles. The summed E-state index contributed by atoms with van der Waals surface area (Å²) >= 11 is 0. The van der Waals surface area contributed by atoms with Gasteiger partial charge in [0.2, 0.25) is 0 Å². The molecule has 0 radical (unpaired) electrons. The van der Waals surface area contributed by atoms with Crippen LogP contribution < -0.4 is 4.90 Å². The first-order valence-electron chi connectivity index (χ1n) is 6.98. The molecular weight excluding hydrogens is 314 g/mol. The Labute approximate surface area is 136 Å². The predicted molar refractivity (Wildman–Crippen MR) is 92.3 cm³/mol. The lowest BCUT2D eigenvalue weighted by molar-refractivity contribution is -0.384. The first-order chi connectivity index (χ1) is 10.8. The summed E-state index contributed by atoms with van der Waals surface area (Å²) in [5.74, 6) is 0. The Hall–Kier alpha value is -2.41. The van der Waals surface area contributed by atoms with E-state index in [0.717, 1.165) is 11.3 Å². The van der Waals surface area contributed by atoms with Crippen molar-refractivity contribution in [3.05, 3.63) is 64.2 Å². The number of benzene rings is 2. The van der Waals surface area contributed by atoms with Gasteiger partial charge in [-0.05, 0) is 29.8 Å². The summed E-state index contributed by atoms with van der Waals surface area (Å²) < 4.78 is 17.0. The Kier molecular flexibility index (Phi) is 5.00. The first kappa shape index (κ1) is 17.0. The SMILES string of the molecule is CN(C)c1ccc(S(C)(=O)=NCc2ccc([N+](=O)[O-])cc2)cc1. The van der Waals surface area contributed by atoms with Crippen molar-refractivity contribution in [2.75, 3.05) is 25.3 Å². The Morgan fingerprint density at radius 3 is 2.13 bits per heavy atom. The number of hydrogen-bond donors (Lipinski definition) is 0. The third-order valence-electron chi connectivity index (χ3n) is 3.43. The highest BCUT2D eigenvalue weighted by molar-refractivity contribution is 7.93. The molecule has 1 atom stereocenters. The van der Waals surface area contributed by atoms with Gasteiger partial charge in [0.25, 0.3) is 5.69 Å². The minimum atomic E-state index is -2.50. The van der Waals surface area contributed by atoms with Gasteiger partial charge in [-0.15, -0.1) is 0 Å². The Bertz CT molecular complexity index is 805. The molecule has 0 aliphatic heterocycles. The molecule has 1 unspecified atom stereocenters. The van der Waals surface area contributed by atoms with Crippen LogP contribution in [0.5, 0.6) is 0 Å². The Morgan fingerprint density at radius 1 is 1.09 bits per heavy atom. The van der Waals surface area contributed by atoms with Gasteiger partial charge < -0.3 is 4.90 Å². The van der Waals surface area contributed by atoms with E-state index in [9.17, 15) is 14.3 Å². The van der Waals surface area contributed by atoms with E-state index in [0.29, 0.717) is 4.90 Å². The van der Waals surface area contributed by atoms with E-state index in [2.05, 4.69) is 4.36 Å². The zero-order chi connectivity index (χ0) is 17.0. The lowest BCUT2D eigenvalue weighted by Crippen LogP contribution is -2.08. The summed E-state index contributed by atoms with van der Waals surface area (Å²) in [4.78, 5) is 12.8. The van der Waals surface area contributed by atoms with Crippen molar-refractivity contribution in [1.82, 2.24) is 0 Å². The van der Waals surface area contributed by atoms with Crippen molar-refractivity contribution in [3.63, 3.8) is 0 Å².